The lowest BCUT2D eigenvalue weighted by atomic mass is 10.1. The third-order valence-electron chi connectivity index (χ3n) is 6.92. The molecule has 21 nitrogen and oxygen atoms in total. The number of carboxylic acid groups (broad SMARTS) is 4. The standard InChI is InChI=1S/C29H33N9O12/c30-29-37-23-22(27(48)38-29)33-15(12-32-23)11-31-14-3-1-13(2-4-14)24(45)34-16(5-8-19(39)40)25(46)35-17(6-9-20(41)42)26(47)36-18(28(49)50)7-10-21(43)44/h1-4,12,16-18,31H,5-11H2,(H,34,45)(H,35,46)(H,36,47)(H,39,40)(H,41,42)(H,43,44)(H,49,50)(H3,30,32,37,38,48)/t16-,17-,18-/m0/s1. The molecule has 21 heteroatoms. The average Bonchev–Trinajstić information content (AvgIpc) is 3.05. The van der Waals surface area contributed by atoms with Gasteiger partial charge in [0.05, 0.1) is 18.4 Å². The molecule has 0 aliphatic heterocycles. The first-order chi connectivity index (χ1) is 23.6. The fourth-order valence-corrected chi connectivity index (χ4v) is 4.37. The summed E-state index contributed by atoms with van der Waals surface area (Å²) in [5.41, 5.74) is 5.95. The summed E-state index contributed by atoms with van der Waals surface area (Å²) in [5, 5.41) is 46.2. The largest absolute Gasteiger partial charge is 0.481 e. The highest BCUT2D eigenvalue weighted by Crippen LogP contribution is 2.13. The van der Waals surface area contributed by atoms with Crippen LogP contribution in [-0.4, -0.2) is 100 Å². The fourth-order valence-electron chi connectivity index (χ4n) is 4.37. The van der Waals surface area contributed by atoms with Crippen LogP contribution in [0.25, 0.3) is 11.2 Å². The van der Waals surface area contributed by atoms with Crippen LogP contribution < -0.4 is 32.6 Å². The molecule has 0 saturated heterocycles. The van der Waals surface area contributed by atoms with E-state index < -0.39 is 104 Å². The number of nitrogens with zero attached hydrogens (tertiary/aromatic N) is 3. The average molecular weight is 700 g/mol. The molecule has 0 spiro atoms. The van der Waals surface area contributed by atoms with Crippen molar-refractivity contribution >= 4 is 64.4 Å². The summed E-state index contributed by atoms with van der Waals surface area (Å²) in [6, 6.07) is 0.961. The number of H-pyrrole nitrogens is 1. The van der Waals surface area contributed by atoms with Crippen molar-refractivity contribution in [2.45, 2.75) is 63.2 Å². The zero-order chi connectivity index (χ0) is 37.0. The molecule has 2 aromatic heterocycles. The number of anilines is 2. The van der Waals surface area contributed by atoms with Crippen LogP contribution in [0.1, 0.15) is 54.6 Å². The Labute approximate surface area is 280 Å². The van der Waals surface area contributed by atoms with Gasteiger partial charge >= 0.3 is 23.9 Å². The van der Waals surface area contributed by atoms with Gasteiger partial charge in [0.25, 0.3) is 11.5 Å². The van der Waals surface area contributed by atoms with Crippen LogP contribution in [0.3, 0.4) is 0 Å². The Kier molecular flexibility index (Phi) is 13.2. The van der Waals surface area contributed by atoms with Crippen molar-refractivity contribution in [2.75, 3.05) is 11.1 Å². The molecule has 266 valence electrons. The Bertz CT molecular complexity index is 1830. The summed E-state index contributed by atoms with van der Waals surface area (Å²) in [6.07, 6.45) is -1.91. The molecule has 3 rings (SSSR count). The monoisotopic (exact) mass is 699 g/mol. The summed E-state index contributed by atoms with van der Waals surface area (Å²) in [4.78, 5) is 111. The van der Waals surface area contributed by atoms with Crippen LogP contribution >= 0.6 is 0 Å². The van der Waals surface area contributed by atoms with E-state index in [-0.39, 0.29) is 29.2 Å². The van der Waals surface area contributed by atoms with Gasteiger partial charge in [-0.2, -0.15) is 4.98 Å². The SMILES string of the molecule is Nc1nc2ncc(CNc3ccc(C(=O)N[C@@H](CCC(=O)O)C(=O)N[C@@H](CCC(=O)O)C(=O)N[C@@H](CCC(=O)O)C(=O)O)cc3)nc2c(=O)[nH]1. The highest BCUT2D eigenvalue weighted by molar-refractivity contribution is 5.99. The van der Waals surface area contributed by atoms with E-state index in [1.807, 2.05) is 0 Å². The smallest absolute Gasteiger partial charge is 0.326 e. The predicted octanol–water partition coefficient (Wildman–Crippen LogP) is -1.35. The van der Waals surface area contributed by atoms with Gasteiger partial charge in [0.2, 0.25) is 17.8 Å². The van der Waals surface area contributed by atoms with E-state index in [1.165, 1.54) is 30.5 Å². The number of aliphatic carboxylic acids is 4. The maximum Gasteiger partial charge on any atom is 0.326 e. The molecule has 50 heavy (non-hydrogen) atoms. The number of fused-ring (bicyclic) bond motifs is 1. The van der Waals surface area contributed by atoms with E-state index in [2.05, 4.69) is 41.2 Å². The summed E-state index contributed by atoms with van der Waals surface area (Å²) in [5.74, 6) is -8.67. The minimum absolute atomic E-state index is 0.0129. The van der Waals surface area contributed by atoms with Crippen molar-refractivity contribution in [1.82, 2.24) is 35.9 Å². The van der Waals surface area contributed by atoms with Gasteiger partial charge < -0.3 is 47.4 Å². The molecule has 0 bridgehead atoms. The van der Waals surface area contributed by atoms with Gasteiger partial charge in [-0.15, -0.1) is 0 Å². The molecule has 2 heterocycles. The number of nitrogens with one attached hydrogen (secondary N) is 5. The van der Waals surface area contributed by atoms with Gasteiger partial charge in [0.1, 0.15) is 18.1 Å². The van der Waals surface area contributed by atoms with E-state index in [1.54, 1.807) is 0 Å². The first kappa shape index (κ1) is 37.8. The van der Waals surface area contributed by atoms with Crippen molar-refractivity contribution in [3.8, 4) is 0 Å². The second-order valence-electron chi connectivity index (χ2n) is 10.7. The minimum Gasteiger partial charge on any atom is -0.481 e. The van der Waals surface area contributed by atoms with Crippen molar-refractivity contribution in [3.63, 3.8) is 0 Å². The van der Waals surface area contributed by atoms with Gasteiger partial charge in [0, 0.05) is 30.5 Å². The lowest BCUT2D eigenvalue weighted by Gasteiger charge is -2.24. The second-order valence-corrected chi connectivity index (χ2v) is 10.7. The third-order valence-corrected chi connectivity index (χ3v) is 6.92. The van der Waals surface area contributed by atoms with Gasteiger partial charge in [0.15, 0.2) is 11.2 Å². The predicted molar refractivity (Wildman–Crippen MR) is 169 cm³/mol. The van der Waals surface area contributed by atoms with Crippen LogP contribution in [0.15, 0.2) is 35.3 Å². The summed E-state index contributed by atoms with van der Waals surface area (Å²) in [7, 11) is 0. The molecule has 3 amide bonds. The number of amides is 3. The van der Waals surface area contributed by atoms with Gasteiger partial charge in [-0.1, -0.05) is 0 Å². The van der Waals surface area contributed by atoms with Crippen LogP contribution in [-0.2, 0) is 35.3 Å². The van der Waals surface area contributed by atoms with E-state index in [4.69, 9.17) is 15.9 Å². The van der Waals surface area contributed by atoms with E-state index in [0.717, 1.165) is 0 Å². The molecule has 1 aromatic carbocycles. The third kappa shape index (κ3) is 11.5. The molecule has 0 fully saturated rings. The molecular weight excluding hydrogens is 666 g/mol. The van der Waals surface area contributed by atoms with Gasteiger partial charge in [-0.3, -0.25) is 38.5 Å². The summed E-state index contributed by atoms with van der Waals surface area (Å²) in [6.45, 7) is 0.124. The lowest BCUT2D eigenvalue weighted by molar-refractivity contribution is -0.144. The van der Waals surface area contributed by atoms with E-state index >= 15 is 0 Å². The van der Waals surface area contributed by atoms with Crippen molar-refractivity contribution in [2.24, 2.45) is 0 Å². The number of hydrogen-bond acceptors (Lipinski definition) is 13. The fraction of sp³-hybridized carbons (Fsp3) is 0.345. The first-order valence-corrected chi connectivity index (χ1v) is 14.8. The molecule has 3 atom stereocenters. The van der Waals surface area contributed by atoms with Crippen LogP contribution in [0.5, 0.6) is 0 Å². The van der Waals surface area contributed by atoms with Crippen molar-refractivity contribution in [1.29, 1.82) is 0 Å². The van der Waals surface area contributed by atoms with Crippen molar-refractivity contribution in [3.05, 3.63) is 52.1 Å². The Morgan fingerprint density at radius 2 is 1.26 bits per heavy atom. The number of hydrogen-bond donors (Lipinski definition) is 10. The molecule has 0 unspecified atom stereocenters. The van der Waals surface area contributed by atoms with Crippen LogP contribution in [0.2, 0.25) is 0 Å². The molecule has 0 aliphatic carbocycles. The highest BCUT2D eigenvalue weighted by Gasteiger charge is 2.30. The molecule has 0 saturated carbocycles. The Morgan fingerprint density at radius 3 is 1.80 bits per heavy atom. The van der Waals surface area contributed by atoms with Gasteiger partial charge in [-0.25, -0.2) is 14.8 Å². The molecule has 11 N–H and O–H groups in total. The van der Waals surface area contributed by atoms with E-state index in [9.17, 15) is 48.6 Å². The number of aromatic nitrogens is 4. The summed E-state index contributed by atoms with van der Waals surface area (Å²) < 4.78 is 0. The van der Waals surface area contributed by atoms with Crippen LogP contribution in [0.4, 0.5) is 11.6 Å². The first-order valence-electron chi connectivity index (χ1n) is 14.8. The van der Waals surface area contributed by atoms with Crippen LogP contribution in [0, 0.1) is 0 Å². The molecule has 3 aromatic rings. The Morgan fingerprint density at radius 1 is 0.740 bits per heavy atom. The molecular formula is C29H33N9O12. The number of benzene rings is 1. The number of carbonyl (C=O) groups excluding carboxylic acids is 3. The number of carbonyl (C=O) groups is 7. The normalized spacial score (nSPS) is 12.6. The Hall–Kier alpha value is -6.67. The van der Waals surface area contributed by atoms with Crippen molar-refractivity contribution < 1.29 is 54.0 Å². The lowest BCUT2D eigenvalue weighted by Crippen LogP contribution is -2.56. The molecule has 0 aliphatic rings. The Balaban J connectivity index is 1.70. The number of rotatable bonds is 19. The topological polar surface area (TPSA) is 346 Å². The number of nitrogens with two attached hydrogens (primary N) is 1. The number of aromatic amines is 1. The highest BCUT2D eigenvalue weighted by atomic mass is 16.4. The quantitative estimate of drug-likeness (QED) is 0.0691. The van der Waals surface area contributed by atoms with Gasteiger partial charge in [-0.05, 0) is 43.5 Å². The number of carboxylic acids is 4. The second kappa shape index (κ2) is 17.5. The molecule has 0 radical (unpaired) electrons. The number of nitrogen functional groups attached to an aromatic ring is 1. The zero-order valence-corrected chi connectivity index (χ0v) is 26.0. The summed E-state index contributed by atoms with van der Waals surface area (Å²) >= 11 is 0. The maximum absolute atomic E-state index is 13.2. The maximum atomic E-state index is 13.2. The van der Waals surface area contributed by atoms with E-state index in [0.29, 0.717) is 11.4 Å². The minimum atomic E-state index is -1.68. The zero-order valence-electron chi connectivity index (χ0n) is 26.0.